The smallest absolute Gasteiger partial charge is 0.274 e. The molecular formula is C12H21N5O2. The zero-order valence-electron chi connectivity index (χ0n) is 11.7. The van der Waals surface area contributed by atoms with Crippen LogP contribution in [-0.4, -0.2) is 34.1 Å². The average molecular weight is 267 g/mol. The van der Waals surface area contributed by atoms with Gasteiger partial charge in [0.2, 0.25) is 5.91 Å². The Labute approximate surface area is 112 Å². The van der Waals surface area contributed by atoms with Crippen molar-refractivity contribution in [2.24, 2.45) is 0 Å². The molecule has 5 N–H and O–H groups in total. The summed E-state index contributed by atoms with van der Waals surface area (Å²) in [6.45, 7) is 7.22. The van der Waals surface area contributed by atoms with Crippen LogP contribution in [0.1, 0.15) is 43.9 Å². The first kappa shape index (κ1) is 15.0. The number of hydrogen-bond donors (Lipinski definition) is 4. The summed E-state index contributed by atoms with van der Waals surface area (Å²) in [7, 11) is 0. The summed E-state index contributed by atoms with van der Waals surface area (Å²) in [5, 5.41) is 11.9. The summed E-state index contributed by atoms with van der Waals surface area (Å²) in [5.74, 6) is -0.701. The monoisotopic (exact) mass is 267 g/mol. The molecule has 106 valence electrons. The molecule has 1 atom stereocenters. The van der Waals surface area contributed by atoms with Crippen molar-refractivity contribution in [3.63, 3.8) is 0 Å². The van der Waals surface area contributed by atoms with E-state index in [0.717, 1.165) is 0 Å². The first-order chi connectivity index (χ1) is 8.86. The number of aromatic nitrogens is 2. The second-order valence-electron chi connectivity index (χ2n) is 4.68. The van der Waals surface area contributed by atoms with Crippen LogP contribution in [-0.2, 0) is 11.2 Å². The highest BCUT2D eigenvalue weighted by Gasteiger charge is 2.21. The Morgan fingerprint density at radius 3 is 2.42 bits per heavy atom. The Balaban J connectivity index is 2.69. The molecule has 1 aromatic heterocycles. The Hall–Kier alpha value is -2.05. The van der Waals surface area contributed by atoms with E-state index >= 15 is 0 Å². The van der Waals surface area contributed by atoms with Gasteiger partial charge in [0, 0.05) is 6.04 Å². The lowest BCUT2D eigenvalue weighted by Crippen LogP contribution is -2.47. The number of anilines is 1. The van der Waals surface area contributed by atoms with Crippen molar-refractivity contribution >= 4 is 17.5 Å². The van der Waals surface area contributed by atoms with Gasteiger partial charge in [0.15, 0.2) is 5.69 Å². The molecule has 0 aliphatic carbocycles. The zero-order chi connectivity index (χ0) is 14.6. The third-order valence-corrected chi connectivity index (χ3v) is 2.62. The Kier molecular flexibility index (Phi) is 4.91. The quantitative estimate of drug-likeness (QED) is 0.610. The van der Waals surface area contributed by atoms with E-state index in [0.29, 0.717) is 17.8 Å². The van der Waals surface area contributed by atoms with Crippen molar-refractivity contribution in [3.8, 4) is 0 Å². The van der Waals surface area contributed by atoms with Crippen molar-refractivity contribution in [1.29, 1.82) is 0 Å². The minimum absolute atomic E-state index is 0.0222. The second kappa shape index (κ2) is 6.21. The lowest BCUT2D eigenvalue weighted by Gasteiger charge is -2.15. The van der Waals surface area contributed by atoms with Crippen LogP contribution in [0.2, 0.25) is 0 Å². The van der Waals surface area contributed by atoms with Crippen LogP contribution in [0.3, 0.4) is 0 Å². The molecule has 0 aromatic carbocycles. The zero-order valence-corrected chi connectivity index (χ0v) is 11.7. The molecule has 19 heavy (non-hydrogen) atoms. The third-order valence-electron chi connectivity index (χ3n) is 2.62. The van der Waals surface area contributed by atoms with E-state index in [4.69, 9.17) is 5.73 Å². The number of nitrogen functional groups attached to an aromatic ring is 1. The lowest BCUT2D eigenvalue weighted by atomic mass is 10.2. The van der Waals surface area contributed by atoms with E-state index in [-0.39, 0.29) is 17.6 Å². The number of nitrogens with zero attached hydrogens (tertiary/aromatic N) is 1. The van der Waals surface area contributed by atoms with E-state index in [1.54, 1.807) is 6.92 Å². The highest BCUT2D eigenvalue weighted by atomic mass is 16.2. The van der Waals surface area contributed by atoms with Gasteiger partial charge in [0.25, 0.3) is 5.91 Å². The molecule has 7 nitrogen and oxygen atoms in total. The number of carbonyl (C=O) groups excluding carboxylic acids is 2. The normalized spacial score (nSPS) is 12.3. The molecule has 1 unspecified atom stereocenters. The maximum atomic E-state index is 11.9. The minimum atomic E-state index is -0.643. The van der Waals surface area contributed by atoms with E-state index in [1.807, 2.05) is 20.8 Å². The number of amides is 2. The van der Waals surface area contributed by atoms with E-state index in [1.165, 1.54) is 0 Å². The van der Waals surface area contributed by atoms with Gasteiger partial charge in [-0.2, -0.15) is 5.10 Å². The summed E-state index contributed by atoms with van der Waals surface area (Å²) in [4.78, 5) is 23.6. The predicted molar refractivity (Wildman–Crippen MR) is 72.6 cm³/mol. The van der Waals surface area contributed by atoms with E-state index in [2.05, 4.69) is 20.8 Å². The predicted octanol–water partition coefficient (Wildman–Crippen LogP) is 0.197. The average Bonchev–Trinajstić information content (AvgIpc) is 2.69. The molecule has 0 bridgehead atoms. The van der Waals surface area contributed by atoms with Crippen LogP contribution in [0.5, 0.6) is 0 Å². The highest BCUT2D eigenvalue weighted by Crippen LogP contribution is 2.14. The summed E-state index contributed by atoms with van der Waals surface area (Å²) in [6, 6.07) is -0.620. The minimum Gasteiger partial charge on any atom is -0.395 e. The van der Waals surface area contributed by atoms with Crippen molar-refractivity contribution in [2.75, 3.05) is 5.73 Å². The molecule has 0 spiro atoms. The number of aryl methyl sites for hydroxylation is 1. The molecule has 0 aliphatic rings. The van der Waals surface area contributed by atoms with Gasteiger partial charge >= 0.3 is 0 Å². The second-order valence-corrected chi connectivity index (χ2v) is 4.68. The van der Waals surface area contributed by atoms with Crippen molar-refractivity contribution in [3.05, 3.63) is 11.4 Å². The molecular weight excluding hydrogens is 246 g/mol. The SMILES string of the molecule is CCc1[nH]nc(C(=O)NC(C)C(=O)NC(C)C)c1N. The molecule has 0 radical (unpaired) electrons. The highest BCUT2D eigenvalue weighted by molar-refractivity contribution is 6.00. The van der Waals surface area contributed by atoms with Gasteiger partial charge in [-0.1, -0.05) is 6.92 Å². The number of carbonyl (C=O) groups is 2. The van der Waals surface area contributed by atoms with Gasteiger partial charge < -0.3 is 16.4 Å². The first-order valence-corrected chi connectivity index (χ1v) is 6.30. The summed E-state index contributed by atoms with van der Waals surface area (Å²) in [5.41, 5.74) is 6.96. The molecule has 2 amide bonds. The van der Waals surface area contributed by atoms with Crippen LogP contribution >= 0.6 is 0 Å². The van der Waals surface area contributed by atoms with Crippen LogP contribution in [0, 0.1) is 0 Å². The number of hydrogen-bond acceptors (Lipinski definition) is 4. The Morgan fingerprint density at radius 2 is 1.95 bits per heavy atom. The van der Waals surface area contributed by atoms with Gasteiger partial charge in [-0.15, -0.1) is 0 Å². The van der Waals surface area contributed by atoms with Crippen LogP contribution < -0.4 is 16.4 Å². The van der Waals surface area contributed by atoms with Gasteiger partial charge in [0.05, 0.1) is 11.4 Å². The number of H-pyrrole nitrogens is 1. The Bertz CT molecular complexity index is 467. The van der Waals surface area contributed by atoms with Crippen molar-refractivity contribution in [1.82, 2.24) is 20.8 Å². The van der Waals surface area contributed by atoms with Crippen LogP contribution in [0.15, 0.2) is 0 Å². The largest absolute Gasteiger partial charge is 0.395 e. The summed E-state index contributed by atoms with van der Waals surface area (Å²) in [6.07, 6.45) is 0.662. The third kappa shape index (κ3) is 3.70. The lowest BCUT2D eigenvalue weighted by molar-refractivity contribution is -0.123. The topological polar surface area (TPSA) is 113 Å². The molecule has 7 heteroatoms. The van der Waals surface area contributed by atoms with Gasteiger partial charge in [0.1, 0.15) is 6.04 Å². The van der Waals surface area contributed by atoms with E-state index < -0.39 is 11.9 Å². The standard InChI is InChI=1S/C12H21N5O2/c1-5-8-9(13)10(17-16-8)12(19)15-7(4)11(18)14-6(2)3/h6-7H,5,13H2,1-4H3,(H,14,18)(H,15,19)(H,16,17). The summed E-state index contributed by atoms with van der Waals surface area (Å²) < 4.78 is 0. The number of aromatic amines is 1. The van der Waals surface area contributed by atoms with Gasteiger partial charge in [-0.25, -0.2) is 0 Å². The molecule has 1 aromatic rings. The molecule has 0 saturated heterocycles. The molecule has 0 fully saturated rings. The molecule has 1 rings (SSSR count). The summed E-state index contributed by atoms with van der Waals surface area (Å²) >= 11 is 0. The number of nitrogens with two attached hydrogens (primary N) is 1. The van der Waals surface area contributed by atoms with E-state index in [9.17, 15) is 9.59 Å². The number of rotatable bonds is 5. The fraction of sp³-hybridized carbons (Fsp3) is 0.583. The number of nitrogens with one attached hydrogen (secondary N) is 3. The maximum Gasteiger partial charge on any atom is 0.274 e. The first-order valence-electron chi connectivity index (χ1n) is 6.30. The van der Waals surface area contributed by atoms with Gasteiger partial charge in [-0.3, -0.25) is 14.7 Å². The van der Waals surface area contributed by atoms with Crippen LogP contribution in [0.4, 0.5) is 5.69 Å². The Morgan fingerprint density at radius 1 is 1.32 bits per heavy atom. The van der Waals surface area contributed by atoms with Crippen molar-refractivity contribution in [2.45, 2.75) is 46.2 Å². The maximum absolute atomic E-state index is 11.9. The molecule has 0 aliphatic heterocycles. The van der Waals surface area contributed by atoms with Gasteiger partial charge in [-0.05, 0) is 27.2 Å². The fourth-order valence-electron chi connectivity index (χ4n) is 1.57. The fourth-order valence-corrected chi connectivity index (χ4v) is 1.57. The molecule has 1 heterocycles. The van der Waals surface area contributed by atoms with Crippen molar-refractivity contribution < 1.29 is 9.59 Å². The van der Waals surface area contributed by atoms with Crippen LogP contribution in [0.25, 0.3) is 0 Å². The molecule has 0 saturated carbocycles.